The van der Waals surface area contributed by atoms with Gasteiger partial charge in [0.1, 0.15) is 5.69 Å². The van der Waals surface area contributed by atoms with E-state index in [4.69, 9.17) is 0 Å². The number of nitrogens with one attached hydrogen (secondary N) is 2. The highest BCUT2D eigenvalue weighted by Gasteiger charge is 2.17. The van der Waals surface area contributed by atoms with E-state index in [-0.39, 0.29) is 33.1 Å². The lowest BCUT2D eigenvalue weighted by Crippen LogP contribution is -2.41. The molecule has 6 heteroatoms. The van der Waals surface area contributed by atoms with Gasteiger partial charge in [-0.05, 0) is 38.8 Å². The van der Waals surface area contributed by atoms with Crippen LogP contribution < -0.4 is 10.6 Å². The second-order valence-corrected chi connectivity index (χ2v) is 10.0. The average Bonchev–Trinajstić information content (AvgIpc) is 2.74. The highest BCUT2D eigenvalue weighted by Crippen LogP contribution is 2.25. The molecule has 5 nitrogen and oxygen atoms in total. The summed E-state index contributed by atoms with van der Waals surface area (Å²) < 4.78 is 0. The second kappa shape index (κ2) is 19.2. The molecule has 0 heterocycles. The minimum Gasteiger partial charge on any atom is -0.378 e. The molecule has 1 rings (SSSR count). The smallest absolute Gasteiger partial charge is 0.292 e. The van der Waals surface area contributed by atoms with E-state index in [1.807, 2.05) is 13.0 Å². The Labute approximate surface area is 213 Å². The van der Waals surface area contributed by atoms with Crippen molar-refractivity contribution in [3.63, 3.8) is 0 Å². The minimum absolute atomic E-state index is 0. The molecule has 2 N–H and O–H groups in total. The fraction of sp³-hybridized carbons (Fsp3) is 0.778. The summed E-state index contributed by atoms with van der Waals surface area (Å²) in [6.45, 7) is 10.2. The van der Waals surface area contributed by atoms with E-state index < -0.39 is 0 Å². The molecule has 0 amide bonds. The van der Waals surface area contributed by atoms with Crippen molar-refractivity contribution >= 4 is 28.4 Å². The number of rotatable bonds is 20. The molecule has 0 aliphatic rings. The molecule has 1 aromatic rings. The van der Waals surface area contributed by atoms with Crippen LogP contribution in [0.1, 0.15) is 116 Å². The van der Waals surface area contributed by atoms with E-state index >= 15 is 0 Å². The topological polar surface area (TPSA) is 67.2 Å². The Morgan fingerprint density at radius 3 is 1.88 bits per heavy atom. The Bertz CT molecular complexity index is 638. The third-order valence-electron chi connectivity index (χ3n) is 6.30. The van der Waals surface area contributed by atoms with Crippen molar-refractivity contribution in [3.05, 3.63) is 33.9 Å². The molecular formula is C27H50BrN3O2. The predicted molar refractivity (Wildman–Crippen MR) is 149 cm³/mol. The number of halogens is 1. The molecule has 0 unspecified atom stereocenters. The summed E-state index contributed by atoms with van der Waals surface area (Å²) in [4.78, 5) is 10.9. The predicted octanol–water partition coefficient (Wildman–Crippen LogP) is 8.74. The highest BCUT2D eigenvalue weighted by molar-refractivity contribution is 8.93. The number of aryl methyl sites for hydroxylation is 1. The summed E-state index contributed by atoms with van der Waals surface area (Å²) in [6.07, 6.45) is 19.1. The maximum absolute atomic E-state index is 11.2. The van der Waals surface area contributed by atoms with E-state index in [1.165, 1.54) is 83.5 Å². The standard InChI is InChI=1S/C27H49N3O2.BrH/c1-5-6-7-8-9-10-11-12-13-14-15-16-17-20-27(3,4)29-22-21-28-25-23-24(2)18-19-26(25)30(31)32;/h18-19,23,28-29H,5-17,20-22H2,1-4H3;1H. The van der Waals surface area contributed by atoms with Crippen LogP contribution in [0.2, 0.25) is 0 Å². The first-order chi connectivity index (χ1) is 15.4. The van der Waals surface area contributed by atoms with Crippen molar-refractivity contribution in [1.82, 2.24) is 5.32 Å². The van der Waals surface area contributed by atoms with Crippen LogP contribution in [0.15, 0.2) is 18.2 Å². The van der Waals surface area contributed by atoms with E-state index in [0.29, 0.717) is 12.2 Å². The van der Waals surface area contributed by atoms with Crippen molar-refractivity contribution < 1.29 is 4.92 Å². The molecular weight excluding hydrogens is 478 g/mol. The molecule has 33 heavy (non-hydrogen) atoms. The van der Waals surface area contributed by atoms with Crippen LogP contribution in [0.4, 0.5) is 11.4 Å². The van der Waals surface area contributed by atoms with Gasteiger partial charge in [-0.3, -0.25) is 10.1 Å². The number of hydrogen-bond donors (Lipinski definition) is 2. The van der Waals surface area contributed by atoms with Gasteiger partial charge in [-0.15, -0.1) is 17.0 Å². The summed E-state index contributed by atoms with van der Waals surface area (Å²) in [7, 11) is 0. The molecule has 0 fully saturated rings. The molecule has 0 saturated carbocycles. The number of nitrogens with zero attached hydrogens (tertiary/aromatic N) is 1. The van der Waals surface area contributed by atoms with Crippen LogP contribution in [-0.4, -0.2) is 23.6 Å². The lowest BCUT2D eigenvalue weighted by molar-refractivity contribution is -0.384. The first-order valence-electron chi connectivity index (χ1n) is 13.1. The Balaban J connectivity index is 0.0000102. The lowest BCUT2D eigenvalue weighted by atomic mass is 9.96. The van der Waals surface area contributed by atoms with E-state index in [9.17, 15) is 10.1 Å². The van der Waals surface area contributed by atoms with Gasteiger partial charge in [-0.1, -0.05) is 96.5 Å². The molecule has 0 spiro atoms. The zero-order valence-corrected chi connectivity index (χ0v) is 23.4. The highest BCUT2D eigenvalue weighted by atomic mass is 79.9. The number of nitro benzene ring substituents is 1. The van der Waals surface area contributed by atoms with E-state index in [1.54, 1.807) is 12.1 Å². The SMILES string of the molecule is Br.CCCCCCCCCCCCCCCC(C)(C)NCCNc1cc(C)ccc1[N+](=O)[O-]. The van der Waals surface area contributed by atoms with E-state index in [0.717, 1.165) is 18.5 Å². The summed E-state index contributed by atoms with van der Waals surface area (Å²) in [5, 5.41) is 18.0. The van der Waals surface area contributed by atoms with Crippen LogP contribution in [0, 0.1) is 17.0 Å². The summed E-state index contributed by atoms with van der Waals surface area (Å²) >= 11 is 0. The Kier molecular flexibility index (Phi) is 18.5. The van der Waals surface area contributed by atoms with E-state index in [2.05, 4.69) is 31.4 Å². The Morgan fingerprint density at radius 1 is 0.848 bits per heavy atom. The van der Waals surface area contributed by atoms with Gasteiger partial charge in [0.25, 0.3) is 5.69 Å². The maximum Gasteiger partial charge on any atom is 0.292 e. The fourth-order valence-corrected chi connectivity index (χ4v) is 4.22. The average molecular weight is 529 g/mol. The van der Waals surface area contributed by atoms with Crippen LogP contribution in [0.3, 0.4) is 0 Å². The summed E-state index contributed by atoms with van der Waals surface area (Å²) in [5.74, 6) is 0. The Morgan fingerprint density at radius 2 is 1.36 bits per heavy atom. The molecule has 0 aromatic heterocycles. The van der Waals surface area contributed by atoms with Gasteiger partial charge in [0, 0.05) is 24.7 Å². The van der Waals surface area contributed by atoms with Crippen LogP contribution in [0.5, 0.6) is 0 Å². The monoisotopic (exact) mass is 527 g/mol. The van der Waals surface area contributed by atoms with Gasteiger partial charge in [0.15, 0.2) is 0 Å². The summed E-state index contributed by atoms with van der Waals surface area (Å²) in [6, 6.07) is 5.20. The van der Waals surface area contributed by atoms with Crippen molar-refractivity contribution in [2.24, 2.45) is 0 Å². The van der Waals surface area contributed by atoms with Gasteiger partial charge in [-0.2, -0.15) is 0 Å². The van der Waals surface area contributed by atoms with Crippen LogP contribution >= 0.6 is 17.0 Å². The number of hydrogen-bond acceptors (Lipinski definition) is 4. The molecule has 192 valence electrons. The van der Waals surface area contributed by atoms with Crippen LogP contribution in [-0.2, 0) is 0 Å². The first kappa shape index (κ1) is 31.9. The molecule has 0 aliphatic heterocycles. The molecule has 0 bridgehead atoms. The second-order valence-electron chi connectivity index (χ2n) is 10.0. The quantitative estimate of drug-likeness (QED) is 0.101. The lowest BCUT2D eigenvalue weighted by Gasteiger charge is -2.26. The van der Waals surface area contributed by atoms with Crippen molar-refractivity contribution in [3.8, 4) is 0 Å². The molecule has 0 saturated heterocycles. The van der Waals surface area contributed by atoms with Crippen molar-refractivity contribution in [1.29, 1.82) is 0 Å². The van der Waals surface area contributed by atoms with Crippen LogP contribution in [0.25, 0.3) is 0 Å². The molecule has 0 atom stereocenters. The summed E-state index contributed by atoms with van der Waals surface area (Å²) in [5.41, 5.74) is 1.86. The molecule has 0 radical (unpaired) electrons. The number of benzene rings is 1. The maximum atomic E-state index is 11.2. The number of anilines is 1. The number of nitro groups is 1. The third-order valence-corrected chi connectivity index (χ3v) is 6.30. The first-order valence-corrected chi connectivity index (χ1v) is 13.1. The minimum atomic E-state index is -0.326. The van der Waals surface area contributed by atoms with Crippen molar-refractivity contribution in [2.45, 2.75) is 123 Å². The van der Waals surface area contributed by atoms with Gasteiger partial charge in [-0.25, -0.2) is 0 Å². The fourth-order valence-electron chi connectivity index (χ4n) is 4.22. The Hall–Kier alpha value is -1.14. The van der Waals surface area contributed by atoms with Gasteiger partial charge < -0.3 is 10.6 Å². The van der Waals surface area contributed by atoms with Gasteiger partial charge in [0.2, 0.25) is 0 Å². The van der Waals surface area contributed by atoms with Gasteiger partial charge >= 0.3 is 0 Å². The normalized spacial score (nSPS) is 11.3. The van der Waals surface area contributed by atoms with Crippen molar-refractivity contribution in [2.75, 3.05) is 18.4 Å². The molecule has 1 aromatic carbocycles. The van der Waals surface area contributed by atoms with Gasteiger partial charge in [0.05, 0.1) is 4.92 Å². The zero-order chi connectivity index (χ0) is 23.7. The third kappa shape index (κ3) is 16.2. The number of unbranched alkanes of at least 4 members (excludes halogenated alkanes) is 12. The molecule has 0 aliphatic carbocycles. The zero-order valence-electron chi connectivity index (χ0n) is 21.7. The largest absolute Gasteiger partial charge is 0.378 e.